The highest BCUT2D eigenvalue weighted by Crippen LogP contribution is 2.24. The fraction of sp³-hybridized carbons (Fsp3) is 0.348. The summed E-state index contributed by atoms with van der Waals surface area (Å²) in [6.45, 7) is -0.0248. The number of hydrogen-bond acceptors (Lipinski definition) is 6. The Kier molecular flexibility index (Phi) is 6.84. The Morgan fingerprint density at radius 1 is 1.06 bits per heavy atom. The molecule has 0 bridgehead atoms. The minimum atomic E-state index is -0.630. The second kappa shape index (κ2) is 10.1. The van der Waals surface area contributed by atoms with E-state index in [4.69, 9.17) is 4.74 Å². The molecule has 0 N–H and O–H groups in total. The minimum absolute atomic E-state index is 0.0773. The monoisotopic (exact) mass is 437 g/mol. The molecule has 8 nitrogen and oxygen atoms in total. The van der Waals surface area contributed by atoms with Crippen molar-refractivity contribution in [2.75, 3.05) is 6.61 Å². The fourth-order valence-electron chi connectivity index (χ4n) is 4.01. The first kappa shape index (κ1) is 21.6. The van der Waals surface area contributed by atoms with E-state index in [2.05, 4.69) is 15.5 Å². The predicted octanol–water partition coefficient (Wildman–Crippen LogP) is 3.32. The number of carbonyl (C=O) groups is 2. The van der Waals surface area contributed by atoms with E-state index >= 15 is 0 Å². The van der Waals surface area contributed by atoms with Gasteiger partial charge in [0.15, 0.2) is 6.61 Å². The van der Waals surface area contributed by atoms with Gasteiger partial charge in [-0.2, -0.15) is 4.68 Å². The van der Waals surface area contributed by atoms with Crippen molar-refractivity contribution < 1.29 is 18.7 Å². The van der Waals surface area contributed by atoms with Crippen LogP contribution < -0.4 is 0 Å². The molecule has 0 radical (unpaired) electrons. The van der Waals surface area contributed by atoms with Crippen molar-refractivity contribution in [3.63, 3.8) is 0 Å². The average Bonchev–Trinajstić information content (AvgIpc) is 3.37. The molecule has 2 aromatic carbocycles. The summed E-state index contributed by atoms with van der Waals surface area (Å²) in [4.78, 5) is 27.6. The number of benzene rings is 2. The Hall–Kier alpha value is -3.62. The summed E-state index contributed by atoms with van der Waals surface area (Å²) in [5.74, 6) is -1.22. The van der Waals surface area contributed by atoms with Crippen LogP contribution in [0, 0.1) is 5.82 Å². The predicted molar refractivity (Wildman–Crippen MR) is 113 cm³/mol. The van der Waals surface area contributed by atoms with E-state index in [0.29, 0.717) is 12.2 Å². The van der Waals surface area contributed by atoms with Gasteiger partial charge in [0.2, 0.25) is 0 Å². The molecule has 32 heavy (non-hydrogen) atoms. The van der Waals surface area contributed by atoms with Crippen LogP contribution >= 0.6 is 0 Å². The van der Waals surface area contributed by atoms with Crippen molar-refractivity contribution in [3.05, 3.63) is 71.8 Å². The summed E-state index contributed by atoms with van der Waals surface area (Å²) in [6.07, 6.45) is 6.45. The summed E-state index contributed by atoms with van der Waals surface area (Å²) >= 11 is 0. The average molecular weight is 437 g/mol. The number of para-hydroxylation sites is 1. The van der Waals surface area contributed by atoms with Gasteiger partial charge < -0.3 is 9.64 Å². The van der Waals surface area contributed by atoms with E-state index < -0.39 is 5.97 Å². The van der Waals surface area contributed by atoms with E-state index in [0.717, 1.165) is 37.7 Å². The Balaban J connectivity index is 1.46. The molecule has 9 heteroatoms. The lowest BCUT2D eigenvalue weighted by molar-refractivity contribution is -0.138. The summed E-state index contributed by atoms with van der Waals surface area (Å²) in [5.41, 5.74) is 1.56. The Morgan fingerprint density at radius 2 is 1.81 bits per heavy atom. The number of rotatable bonds is 7. The van der Waals surface area contributed by atoms with Gasteiger partial charge in [0.1, 0.15) is 12.1 Å². The standard InChI is InChI=1S/C23H24FN5O3/c24-18-12-10-17(11-13-18)14-28(19-6-2-1-3-7-19)22(30)15-32-23(31)20-8-4-5-9-21(20)29-16-25-26-27-29/h4-5,8-13,16,19H,1-3,6-7,14-15H2. The highest BCUT2D eigenvalue weighted by molar-refractivity contribution is 5.94. The van der Waals surface area contributed by atoms with Crippen molar-refractivity contribution in [3.8, 4) is 5.69 Å². The molecule has 0 aliphatic heterocycles. The van der Waals surface area contributed by atoms with E-state index in [-0.39, 0.29) is 29.9 Å². The van der Waals surface area contributed by atoms with Crippen molar-refractivity contribution in [2.45, 2.75) is 44.7 Å². The molecule has 1 fully saturated rings. The lowest BCUT2D eigenvalue weighted by Gasteiger charge is -2.34. The van der Waals surface area contributed by atoms with Crippen LogP contribution in [0.15, 0.2) is 54.9 Å². The molecule has 0 atom stereocenters. The molecular formula is C23H24FN5O3. The van der Waals surface area contributed by atoms with Crippen LogP contribution in [-0.4, -0.2) is 49.6 Å². The first-order chi connectivity index (χ1) is 15.6. The molecule has 3 aromatic rings. The molecular weight excluding hydrogens is 413 g/mol. The van der Waals surface area contributed by atoms with Crippen LogP contribution in [0.5, 0.6) is 0 Å². The highest BCUT2D eigenvalue weighted by Gasteiger charge is 2.27. The summed E-state index contributed by atoms with van der Waals surface area (Å²) < 4.78 is 20.0. The fourth-order valence-corrected chi connectivity index (χ4v) is 4.01. The third-order valence-electron chi connectivity index (χ3n) is 5.65. The normalized spacial score (nSPS) is 14.2. The Labute approximate surface area is 185 Å². The number of nitrogens with zero attached hydrogens (tertiary/aromatic N) is 5. The van der Waals surface area contributed by atoms with E-state index in [9.17, 15) is 14.0 Å². The first-order valence-electron chi connectivity index (χ1n) is 10.7. The quantitative estimate of drug-likeness (QED) is 0.527. The van der Waals surface area contributed by atoms with E-state index in [1.807, 2.05) is 0 Å². The van der Waals surface area contributed by atoms with Gasteiger partial charge >= 0.3 is 5.97 Å². The zero-order chi connectivity index (χ0) is 22.3. The van der Waals surface area contributed by atoms with Crippen molar-refractivity contribution >= 4 is 11.9 Å². The van der Waals surface area contributed by atoms with Crippen LogP contribution in [0.4, 0.5) is 4.39 Å². The number of tetrazole rings is 1. The minimum Gasteiger partial charge on any atom is -0.452 e. The van der Waals surface area contributed by atoms with E-state index in [1.165, 1.54) is 23.1 Å². The molecule has 0 unspecified atom stereocenters. The molecule has 4 rings (SSSR count). The summed E-state index contributed by atoms with van der Waals surface area (Å²) in [5, 5.41) is 11.0. The topological polar surface area (TPSA) is 90.2 Å². The maximum atomic E-state index is 13.3. The molecule has 1 saturated carbocycles. The summed E-state index contributed by atoms with van der Waals surface area (Å²) in [6, 6.07) is 12.9. The zero-order valence-corrected chi connectivity index (χ0v) is 17.6. The van der Waals surface area contributed by atoms with Gasteiger partial charge in [0.05, 0.1) is 11.3 Å². The van der Waals surface area contributed by atoms with Crippen LogP contribution in [0.3, 0.4) is 0 Å². The highest BCUT2D eigenvalue weighted by atomic mass is 19.1. The largest absolute Gasteiger partial charge is 0.452 e. The third-order valence-corrected chi connectivity index (χ3v) is 5.65. The lowest BCUT2D eigenvalue weighted by Crippen LogP contribution is -2.43. The molecule has 1 aromatic heterocycles. The zero-order valence-electron chi connectivity index (χ0n) is 17.6. The van der Waals surface area contributed by atoms with Gasteiger partial charge in [-0.3, -0.25) is 4.79 Å². The number of aromatic nitrogens is 4. The first-order valence-corrected chi connectivity index (χ1v) is 10.7. The lowest BCUT2D eigenvalue weighted by atomic mass is 9.93. The maximum absolute atomic E-state index is 13.3. The number of carbonyl (C=O) groups excluding carboxylic acids is 2. The molecule has 1 aliphatic carbocycles. The molecule has 0 saturated heterocycles. The van der Waals surface area contributed by atoms with Gasteiger partial charge in [0, 0.05) is 12.6 Å². The molecule has 1 amide bonds. The Bertz CT molecular complexity index is 1050. The van der Waals surface area contributed by atoms with Gasteiger partial charge in [-0.15, -0.1) is 5.10 Å². The van der Waals surface area contributed by atoms with Crippen molar-refractivity contribution in [2.24, 2.45) is 0 Å². The number of hydrogen-bond donors (Lipinski definition) is 0. The van der Waals surface area contributed by atoms with Crippen molar-refractivity contribution in [1.29, 1.82) is 0 Å². The van der Waals surface area contributed by atoms with Gasteiger partial charge in [0.25, 0.3) is 5.91 Å². The van der Waals surface area contributed by atoms with Crippen LogP contribution in [0.25, 0.3) is 5.69 Å². The van der Waals surface area contributed by atoms with Crippen LogP contribution in [-0.2, 0) is 16.1 Å². The number of amides is 1. The molecule has 1 aliphatic rings. The van der Waals surface area contributed by atoms with Crippen LogP contribution in [0.2, 0.25) is 0 Å². The number of ether oxygens (including phenoxy) is 1. The van der Waals surface area contributed by atoms with Crippen LogP contribution in [0.1, 0.15) is 48.0 Å². The molecule has 1 heterocycles. The third kappa shape index (κ3) is 5.16. The van der Waals surface area contributed by atoms with Crippen molar-refractivity contribution in [1.82, 2.24) is 25.1 Å². The summed E-state index contributed by atoms with van der Waals surface area (Å²) in [7, 11) is 0. The second-order valence-corrected chi connectivity index (χ2v) is 7.79. The van der Waals surface area contributed by atoms with Gasteiger partial charge in [-0.05, 0) is 53.1 Å². The molecule has 166 valence electrons. The van der Waals surface area contributed by atoms with Gasteiger partial charge in [-0.25, -0.2) is 9.18 Å². The smallest absolute Gasteiger partial charge is 0.340 e. The molecule has 0 spiro atoms. The Morgan fingerprint density at radius 3 is 2.53 bits per heavy atom. The number of esters is 1. The number of halogens is 1. The SMILES string of the molecule is O=C(OCC(=O)N(Cc1ccc(F)cc1)C1CCCCC1)c1ccccc1-n1cnnn1. The van der Waals surface area contributed by atoms with Gasteiger partial charge in [-0.1, -0.05) is 43.5 Å². The van der Waals surface area contributed by atoms with E-state index in [1.54, 1.807) is 41.3 Å². The maximum Gasteiger partial charge on any atom is 0.340 e. The second-order valence-electron chi connectivity index (χ2n) is 7.79.